The largest absolute Gasteiger partial charge is 0.457 e. The van der Waals surface area contributed by atoms with Crippen LogP contribution in [0.1, 0.15) is 42.5 Å². The standard InChI is InChI=1S/C18H22N2O2/c21-18(14-12-19-15-7-2-1-6-13(14)15)22-17-9-5-11-20-10-4-3-8-16(17)20/h1-2,6-7,12,16-17,19H,3-5,8-11H2. The Morgan fingerprint density at radius 2 is 2.00 bits per heavy atom. The van der Waals surface area contributed by atoms with Gasteiger partial charge in [-0.1, -0.05) is 24.6 Å². The highest BCUT2D eigenvalue weighted by Gasteiger charge is 2.35. The van der Waals surface area contributed by atoms with Crippen LogP contribution in [0.15, 0.2) is 30.5 Å². The summed E-state index contributed by atoms with van der Waals surface area (Å²) in [7, 11) is 0. The number of fused-ring (bicyclic) bond motifs is 2. The zero-order valence-corrected chi connectivity index (χ0v) is 12.8. The number of hydrogen-bond donors (Lipinski definition) is 1. The van der Waals surface area contributed by atoms with Crippen molar-refractivity contribution in [1.29, 1.82) is 0 Å². The predicted molar refractivity (Wildman–Crippen MR) is 85.9 cm³/mol. The number of rotatable bonds is 2. The van der Waals surface area contributed by atoms with Crippen molar-refractivity contribution in [3.8, 4) is 0 Å². The third-order valence-electron chi connectivity index (χ3n) is 5.09. The molecule has 0 saturated carbocycles. The summed E-state index contributed by atoms with van der Waals surface area (Å²) in [6, 6.07) is 8.30. The lowest BCUT2D eigenvalue weighted by Gasteiger charge is -2.43. The van der Waals surface area contributed by atoms with Crippen molar-refractivity contribution in [1.82, 2.24) is 9.88 Å². The van der Waals surface area contributed by atoms with Gasteiger partial charge in [0.25, 0.3) is 0 Å². The number of benzene rings is 1. The van der Waals surface area contributed by atoms with Crippen LogP contribution < -0.4 is 0 Å². The Hall–Kier alpha value is -1.81. The molecule has 2 fully saturated rings. The van der Waals surface area contributed by atoms with Crippen molar-refractivity contribution in [2.24, 2.45) is 0 Å². The fourth-order valence-electron chi connectivity index (χ4n) is 3.98. The second kappa shape index (κ2) is 5.76. The van der Waals surface area contributed by atoms with Crippen LogP contribution in [0.5, 0.6) is 0 Å². The van der Waals surface area contributed by atoms with Gasteiger partial charge in [0.2, 0.25) is 0 Å². The maximum Gasteiger partial charge on any atom is 0.340 e. The number of aromatic nitrogens is 1. The molecule has 1 aromatic carbocycles. The molecule has 0 aliphatic carbocycles. The highest BCUT2D eigenvalue weighted by molar-refractivity contribution is 6.04. The first-order valence-electron chi connectivity index (χ1n) is 8.34. The third kappa shape index (κ3) is 2.41. The van der Waals surface area contributed by atoms with Gasteiger partial charge in [0.1, 0.15) is 6.10 Å². The number of esters is 1. The Kier molecular flexibility index (Phi) is 3.62. The van der Waals surface area contributed by atoms with Gasteiger partial charge in [-0.3, -0.25) is 4.90 Å². The van der Waals surface area contributed by atoms with E-state index in [0.717, 1.165) is 43.3 Å². The molecule has 1 aromatic heterocycles. The lowest BCUT2D eigenvalue weighted by molar-refractivity contribution is -0.0341. The number of piperidine rings is 2. The summed E-state index contributed by atoms with van der Waals surface area (Å²) in [6.07, 6.45) is 7.63. The summed E-state index contributed by atoms with van der Waals surface area (Å²) >= 11 is 0. The van der Waals surface area contributed by atoms with E-state index in [1.54, 1.807) is 6.20 Å². The van der Waals surface area contributed by atoms with Crippen LogP contribution in [0.2, 0.25) is 0 Å². The van der Waals surface area contributed by atoms with Crippen LogP contribution >= 0.6 is 0 Å². The molecular formula is C18H22N2O2. The topological polar surface area (TPSA) is 45.3 Å². The molecule has 3 heterocycles. The normalized spacial score (nSPS) is 25.8. The molecule has 2 aliphatic heterocycles. The maximum absolute atomic E-state index is 12.6. The van der Waals surface area contributed by atoms with Crippen molar-refractivity contribution in [3.05, 3.63) is 36.0 Å². The number of carbonyl (C=O) groups excluding carboxylic acids is 1. The van der Waals surface area contributed by atoms with Gasteiger partial charge in [0.15, 0.2) is 0 Å². The van der Waals surface area contributed by atoms with E-state index in [0.29, 0.717) is 11.6 Å². The number of ether oxygens (including phenoxy) is 1. The smallest absolute Gasteiger partial charge is 0.340 e. The minimum Gasteiger partial charge on any atom is -0.457 e. The molecule has 0 amide bonds. The summed E-state index contributed by atoms with van der Waals surface area (Å²) in [5.74, 6) is -0.185. The van der Waals surface area contributed by atoms with Crippen LogP contribution in [-0.2, 0) is 4.74 Å². The molecular weight excluding hydrogens is 276 g/mol. The summed E-state index contributed by atoms with van der Waals surface area (Å²) in [6.45, 7) is 2.32. The molecule has 0 bridgehead atoms. The third-order valence-corrected chi connectivity index (χ3v) is 5.09. The van der Waals surface area contributed by atoms with Crippen LogP contribution in [-0.4, -0.2) is 41.1 Å². The molecule has 2 unspecified atom stereocenters. The highest BCUT2D eigenvalue weighted by atomic mass is 16.5. The first kappa shape index (κ1) is 13.8. The molecule has 4 rings (SSSR count). The van der Waals surface area contributed by atoms with E-state index >= 15 is 0 Å². The Morgan fingerprint density at radius 1 is 1.14 bits per heavy atom. The van der Waals surface area contributed by atoms with Crippen molar-refractivity contribution in [2.45, 2.75) is 44.2 Å². The molecule has 0 radical (unpaired) electrons. The van der Waals surface area contributed by atoms with Crippen molar-refractivity contribution >= 4 is 16.9 Å². The van der Waals surface area contributed by atoms with Crippen LogP contribution in [0, 0.1) is 0 Å². The summed E-state index contributed by atoms with van der Waals surface area (Å²) in [4.78, 5) is 18.3. The van der Waals surface area contributed by atoms with Crippen molar-refractivity contribution in [2.75, 3.05) is 13.1 Å². The predicted octanol–water partition coefficient (Wildman–Crippen LogP) is 3.34. The van der Waals surface area contributed by atoms with E-state index < -0.39 is 0 Å². The first-order chi connectivity index (χ1) is 10.8. The molecule has 2 aromatic rings. The molecule has 4 nitrogen and oxygen atoms in total. The lowest BCUT2D eigenvalue weighted by atomic mass is 9.90. The fourth-order valence-corrected chi connectivity index (χ4v) is 3.98. The average Bonchev–Trinajstić information content (AvgIpc) is 2.99. The average molecular weight is 298 g/mol. The minimum absolute atomic E-state index is 0.0511. The van der Waals surface area contributed by atoms with E-state index in [2.05, 4.69) is 9.88 Å². The van der Waals surface area contributed by atoms with Gasteiger partial charge in [0.05, 0.1) is 5.56 Å². The number of H-pyrrole nitrogens is 1. The SMILES string of the molecule is O=C(OC1CCCN2CCCCC12)c1c[nH]c2ccccc12. The summed E-state index contributed by atoms with van der Waals surface area (Å²) in [5.41, 5.74) is 1.64. The van der Waals surface area contributed by atoms with Crippen molar-refractivity contribution < 1.29 is 9.53 Å². The van der Waals surface area contributed by atoms with E-state index in [1.165, 1.54) is 12.8 Å². The number of carbonyl (C=O) groups is 1. The number of hydrogen-bond acceptors (Lipinski definition) is 3. The molecule has 0 spiro atoms. The van der Waals surface area contributed by atoms with Gasteiger partial charge in [-0.2, -0.15) is 0 Å². The molecule has 2 aliphatic rings. The molecule has 22 heavy (non-hydrogen) atoms. The minimum atomic E-state index is -0.185. The lowest BCUT2D eigenvalue weighted by Crippen LogP contribution is -2.51. The summed E-state index contributed by atoms with van der Waals surface area (Å²) in [5, 5.41) is 0.948. The molecule has 116 valence electrons. The molecule has 2 atom stereocenters. The molecule has 1 N–H and O–H groups in total. The number of nitrogens with zero attached hydrogens (tertiary/aromatic N) is 1. The number of aromatic amines is 1. The zero-order valence-electron chi connectivity index (χ0n) is 12.8. The summed E-state index contributed by atoms with van der Waals surface area (Å²) < 4.78 is 5.91. The van der Waals surface area contributed by atoms with Gasteiger partial charge in [-0.25, -0.2) is 4.79 Å². The molecule has 2 saturated heterocycles. The van der Waals surface area contributed by atoms with Crippen LogP contribution in [0.3, 0.4) is 0 Å². The van der Waals surface area contributed by atoms with Gasteiger partial charge in [-0.15, -0.1) is 0 Å². The Morgan fingerprint density at radius 3 is 2.95 bits per heavy atom. The monoisotopic (exact) mass is 298 g/mol. The van der Waals surface area contributed by atoms with Gasteiger partial charge >= 0.3 is 5.97 Å². The highest BCUT2D eigenvalue weighted by Crippen LogP contribution is 2.29. The quantitative estimate of drug-likeness (QED) is 0.865. The zero-order chi connectivity index (χ0) is 14.9. The van der Waals surface area contributed by atoms with E-state index in [4.69, 9.17) is 4.74 Å². The van der Waals surface area contributed by atoms with E-state index in [9.17, 15) is 4.79 Å². The maximum atomic E-state index is 12.6. The Labute approximate surface area is 130 Å². The van der Waals surface area contributed by atoms with E-state index in [1.807, 2.05) is 24.3 Å². The van der Waals surface area contributed by atoms with Gasteiger partial charge < -0.3 is 9.72 Å². The van der Waals surface area contributed by atoms with E-state index in [-0.39, 0.29) is 12.1 Å². The Bertz CT molecular complexity index is 677. The Balaban J connectivity index is 1.53. The first-order valence-corrected chi connectivity index (χ1v) is 8.34. The fraction of sp³-hybridized carbons (Fsp3) is 0.500. The number of para-hydroxylation sites is 1. The van der Waals surface area contributed by atoms with Gasteiger partial charge in [-0.05, 0) is 44.8 Å². The van der Waals surface area contributed by atoms with Crippen LogP contribution in [0.4, 0.5) is 0 Å². The second-order valence-corrected chi connectivity index (χ2v) is 6.43. The van der Waals surface area contributed by atoms with Crippen molar-refractivity contribution in [3.63, 3.8) is 0 Å². The van der Waals surface area contributed by atoms with Gasteiger partial charge in [0, 0.05) is 23.1 Å². The second-order valence-electron chi connectivity index (χ2n) is 6.43. The van der Waals surface area contributed by atoms with Crippen LogP contribution in [0.25, 0.3) is 10.9 Å². The number of nitrogens with one attached hydrogen (secondary N) is 1. The molecule has 4 heteroatoms.